The predicted molar refractivity (Wildman–Crippen MR) is 119 cm³/mol. The lowest BCUT2D eigenvalue weighted by atomic mass is 10.1. The Morgan fingerprint density at radius 2 is 2.04 bits per heavy atom. The number of thiocarbonyl (C=S) groups is 1. The molecule has 0 atom stereocenters. The minimum absolute atomic E-state index is 0.192. The fourth-order valence-corrected chi connectivity index (χ4v) is 3.83. The van der Waals surface area contributed by atoms with Gasteiger partial charge in [-0.25, -0.2) is 0 Å². The second kappa shape index (κ2) is 8.75. The number of ether oxygens (including phenoxy) is 2. The van der Waals surface area contributed by atoms with Crippen molar-refractivity contribution in [1.29, 1.82) is 0 Å². The summed E-state index contributed by atoms with van der Waals surface area (Å²) >= 11 is 8.91. The van der Waals surface area contributed by atoms with Crippen LogP contribution in [0.3, 0.4) is 0 Å². The second-order valence-corrected chi connectivity index (χ2v) is 7.36. The molecule has 28 heavy (non-hydrogen) atoms. The van der Waals surface area contributed by atoms with E-state index in [1.807, 2.05) is 43.3 Å². The Morgan fingerprint density at radius 1 is 1.25 bits per heavy atom. The summed E-state index contributed by atoms with van der Waals surface area (Å²) in [6, 6.07) is 11.5. The highest BCUT2D eigenvalue weighted by Gasteiger charge is 2.32. The van der Waals surface area contributed by atoms with Gasteiger partial charge in [-0.2, -0.15) is 0 Å². The van der Waals surface area contributed by atoms with Crippen LogP contribution in [0.2, 0.25) is 0 Å². The third-order valence-electron chi connectivity index (χ3n) is 4.31. The molecule has 1 saturated heterocycles. The number of methoxy groups -OCH3 is 1. The summed E-state index contributed by atoms with van der Waals surface area (Å²) in [4.78, 5) is 14.5. The third kappa shape index (κ3) is 4.05. The molecule has 1 fully saturated rings. The van der Waals surface area contributed by atoms with Crippen LogP contribution in [0.4, 0.5) is 5.69 Å². The van der Waals surface area contributed by atoms with Gasteiger partial charge in [-0.3, -0.25) is 9.69 Å². The highest BCUT2D eigenvalue weighted by molar-refractivity contribution is 9.10. The Labute approximate surface area is 178 Å². The summed E-state index contributed by atoms with van der Waals surface area (Å²) in [5, 5.41) is 3.38. The van der Waals surface area contributed by atoms with E-state index in [-0.39, 0.29) is 5.91 Å². The molecule has 0 aliphatic carbocycles. The first-order valence-electron chi connectivity index (χ1n) is 8.94. The average Bonchev–Trinajstić information content (AvgIpc) is 2.96. The van der Waals surface area contributed by atoms with Crippen LogP contribution < -0.4 is 19.7 Å². The number of rotatable bonds is 6. The maximum atomic E-state index is 13.0. The van der Waals surface area contributed by atoms with Crippen LogP contribution in [0.25, 0.3) is 6.08 Å². The number of amides is 1. The van der Waals surface area contributed by atoms with Crippen molar-refractivity contribution < 1.29 is 14.3 Å². The van der Waals surface area contributed by atoms with Gasteiger partial charge in [0.25, 0.3) is 5.91 Å². The Kier molecular flexibility index (Phi) is 6.36. The number of benzene rings is 2. The largest absolute Gasteiger partial charge is 0.493 e. The second-order valence-electron chi connectivity index (χ2n) is 6.12. The van der Waals surface area contributed by atoms with Crippen LogP contribution in [0.1, 0.15) is 25.0 Å². The monoisotopic (exact) mass is 460 g/mol. The van der Waals surface area contributed by atoms with Crippen molar-refractivity contribution in [2.75, 3.05) is 18.6 Å². The molecule has 1 heterocycles. The fraction of sp³-hybridized carbons (Fsp3) is 0.238. The van der Waals surface area contributed by atoms with Gasteiger partial charge < -0.3 is 14.8 Å². The van der Waals surface area contributed by atoms with Crippen LogP contribution in [-0.2, 0) is 11.2 Å². The molecule has 1 aliphatic rings. The molecule has 1 N–H and O–H groups in total. The van der Waals surface area contributed by atoms with Crippen molar-refractivity contribution in [2.24, 2.45) is 0 Å². The summed E-state index contributed by atoms with van der Waals surface area (Å²) in [5.41, 5.74) is 3.10. The Balaban J connectivity index is 1.94. The van der Waals surface area contributed by atoms with Gasteiger partial charge in [0.15, 0.2) is 16.6 Å². The zero-order chi connectivity index (χ0) is 20.3. The van der Waals surface area contributed by atoms with Gasteiger partial charge in [-0.05, 0) is 83.0 Å². The molecule has 146 valence electrons. The molecule has 1 amide bonds. The molecule has 3 rings (SSSR count). The summed E-state index contributed by atoms with van der Waals surface area (Å²) in [5.74, 6) is 1.03. The normalized spacial score (nSPS) is 15.1. The molecule has 0 unspecified atom stereocenters. The topological polar surface area (TPSA) is 50.8 Å². The van der Waals surface area contributed by atoms with E-state index in [1.54, 1.807) is 13.2 Å². The lowest BCUT2D eigenvalue weighted by Crippen LogP contribution is -2.30. The number of anilines is 1. The van der Waals surface area contributed by atoms with Gasteiger partial charge in [0.05, 0.1) is 23.9 Å². The third-order valence-corrected chi connectivity index (χ3v) is 5.18. The van der Waals surface area contributed by atoms with Crippen LogP contribution >= 0.6 is 28.1 Å². The number of carbonyl (C=O) groups excluding carboxylic acids is 1. The Bertz CT molecular complexity index is 959. The summed E-state index contributed by atoms with van der Waals surface area (Å²) < 4.78 is 11.8. The summed E-state index contributed by atoms with van der Waals surface area (Å²) in [7, 11) is 1.58. The van der Waals surface area contributed by atoms with Crippen molar-refractivity contribution in [3.05, 3.63) is 57.7 Å². The van der Waals surface area contributed by atoms with E-state index in [2.05, 4.69) is 28.2 Å². The zero-order valence-electron chi connectivity index (χ0n) is 15.9. The van der Waals surface area contributed by atoms with Crippen molar-refractivity contribution in [1.82, 2.24) is 5.32 Å². The number of hydrogen-bond donors (Lipinski definition) is 1. The highest BCUT2D eigenvalue weighted by Crippen LogP contribution is 2.37. The molecule has 0 radical (unpaired) electrons. The summed E-state index contributed by atoms with van der Waals surface area (Å²) in [6.07, 6.45) is 2.64. The lowest BCUT2D eigenvalue weighted by Gasteiger charge is -2.15. The number of aryl methyl sites for hydroxylation is 1. The first kappa shape index (κ1) is 20.4. The fourth-order valence-electron chi connectivity index (χ4n) is 2.96. The number of hydrogen-bond acceptors (Lipinski definition) is 4. The predicted octanol–water partition coefficient (Wildman–Crippen LogP) is 4.68. The quantitative estimate of drug-likeness (QED) is 0.500. The number of nitrogens with zero attached hydrogens (tertiary/aromatic N) is 1. The van der Waals surface area contributed by atoms with Gasteiger partial charge in [0.1, 0.15) is 5.70 Å². The van der Waals surface area contributed by atoms with E-state index in [9.17, 15) is 4.79 Å². The number of halogens is 1. The van der Waals surface area contributed by atoms with Crippen molar-refractivity contribution in [3.8, 4) is 11.5 Å². The number of carbonyl (C=O) groups is 1. The van der Waals surface area contributed by atoms with E-state index in [1.165, 1.54) is 4.90 Å². The standard InChI is InChI=1S/C21H21BrN2O3S/c1-4-13-7-6-8-15(9-13)24-20(25)17(23-21(24)28)11-14-10-16(22)19(27-5-2)18(12-14)26-3/h6-12H,4-5H2,1-3H3,(H,23,28)/b17-11-. The maximum Gasteiger partial charge on any atom is 0.281 e. The van der Waals surface area contributed by atoms with Crippen molar-refractivity contribution in [3.63, 3.8) is 0 Å². The van der Waals surface area contributed by atoms with Crippen LogP contribution in [0, 0.1) is 0 Å². The van der Waals surface area contributed by atoms with Gasteiger partial charge >= 0.3 is 0 Å². The first-order valence-corrected chi connectivity index (χ1v) is 10.1. The van der Waals surface area contributed by atoms with Crippen LogP contribution in [0.5, 0.6) is 11.5 Å². The van der Waals surface area contributed by atoms with Crippen LogP contribution in [0.15, 0.2) is 46.6 Å². The van der Waals surface area contributed by atoms with Crippen molar-refractivity contribution in [2.45, 2.75) is 20.3 Å². The maximum absolute atomic E-state index is 13.0. The molecule has 2 aromatic carbocycles. The molecule has 0 bridgehead atoms. The van der Waals surface area contributed by atoms with Crippen LogP contribution in [-0.4, -0.2) is 24.7 Å². The molecule has 0 aromatic heterocycles. The van der Waals surface area contributed by atoms with Gasteiger partial charge in [0.2, 0.25) is 0 Å². The molecular formula is C21H21BrN2O3S. The van der Waals surface area contributed by atoms with Gasteiger partial charge in [0, 0.05) is 0 Å². The van der Waals surface area contributed by atoms with Gasteiger partial charge in [-0.15, -0.1) is 0 Å². The number of nitrogens with one attached hydrogen (secondary N) is 1. The molecule has 0 saturated carbocycles. The van der Waals surface area contributed by atoms with E-state index < -0.39 is 0 Å². The molecule has 7 heteroatoms. The highest BCUT2D eigenvalue weighted by atomic mass is 79.9. The summed E-state index contributed by atoms with van der Waals surface area (Å²) in [6.45, 7) is 4.51. The van der Waals surface area contributed by atoms with Gasteiger partial charge in [-0.1, -0.05) is 19.1 Å². The molecule has 1 aliphatic heterocycles. The van der Waals surface area contributed by atoms with E-state index >= 15 is 0 Å². The lowest BCUT2D eigenvalue weighted by molar-refractivity contribution is -0.113. The SMILES string of the molecule is CCOc1c(Br)cc(/C=C2\NC(=S)N(c3cccc(CC)c3)C2=O)cc1OC. The van der Waals surface area contributed by atoms with Crippen molar-refractivity contribution >= 4 is 50.9 Å². The van der Waals surface area contributed by atoms with E-state index in [0.29, 0.717) is 28.9 Å². The average molecular weight is 461 g/mol. The molecule has 2 aromatic rings. The Hall–Kier alpha value is -2.38. The van der Waals surface area contributed by atoms with E-state index in [4.69, 9.17) is 21.7 Å². The molecule has 0 spiro atoms. The molecular weight excluding hydrogens is 440 g/mol. The zero-order valence-corrected chi connectivity index (χ0v) is 18.3. The smallest absolute Gasteiger partial charge is 0.281 e. The minimum Gasteiger partial charge on any atom is -0.493 e. The molecule has 5 nitrogen and oxygen atoms in total. The minimum atomic E-state index is -0.192. The van der Waals surface area contributed by atoms with E-state index in [0.717, 1.165) is 27.7 Å². The Morgan fingerprint density at radius 3 is 2.71 bits per heavy atom. The first-order chi connectivity index (χ1) is 13.5.